The number of sulfone groups is 1. The lowest BCUT2D eigenvalue weighted by Gasteiger charge is -2.52. The van der Waals surface area contributed by atoms with Crippen molar-refractivity contribution in [3.63, 3.8) is 0 Å². The second-order valence-corrected chi connectivity index (χ2v) is 11.4. The van der Waals surface area contributed by atoms with E-state index in [0.29, 0.717) is 24.7 Å². The number of ether oxygens (including phenoxy) is 1. The minimum Gasteiger partial charge on any atom is -0.378 e. The Bertz CT molecular complexity index is 634. The zero-order chi connectivity index (χ0) is 21.5. The lowest BCUT2D eigenvalue weighted by Crippen LogP contribution is -2.64. The molecule has 0 spiro atoms. The third kappa shape index (κ3) is 8.78. The molecule has 1 saturated heterocycles. The Morgan fingerprint density at radius 2 is 1.87 bits per heavy atom. The van der Waals surface area contributed by atoms with E-state index in [9.17, 15) is 8.42 Å². The van der Waals surface area contributed by atoms with Crippen molar-refractivity contribution in [2.45, 2.75) is 78.0 Å². The third-order valence-corrected chi connectivity index (χ3v) is 7.25. The van der Waals surface area contributed by atoms with Crippen LogP contribution in [0.3, 0.4) is 0 Å². The fourth-order valence-electron chi connectivity index (χ4n) is 4.03. The molecule has 0 amide bonds. The predicted molar refractivity (Wildman–Crippen MR) is 136 cm³/mol. The average molecular weight is 559 g/mol. The van der Waals surface area contributed by atoms with E-state index in [4.69, 9.17) is 4.74 Å². The molecule has 0 aromatic carbocycles. The molecule has 1 saturated carbocycles. The molecular weight excluding hydrogens is 515 g/mol. The lowest BCUT2D eigenvalue weighted by molar-refractivity contribution is -0.113. The number of likely N-dealkylation sites (tertiary alicyclic amines) is 1. The number of guanidine groups is 1. The van der Waals surface area contributed by atoms with Gasteiger partial charge in [0, 0.05) is 56.5 Å². The van der Waals surface area contributed by atoms with Crippen LogP contribution in [0.5, 0.6) is 0 Å². The number of halogens is 1. The zero-order valence-corrected chi connectivity index (χ0v) is 22.6. The van der Waals surface area contributed by atoms with Crippen LogP contribution in [0.4, 0.5) is 0 Å². The van der Waals surface area contributed by atoms with Gasteiger partial charge in [-0.05, 0) is 32.6 Å². The van der Waals surface area contributed by atoms with Crippen LogP contribution in [0.1, 0.15) is 59.8 Å². The van der Waals surface area contributed by atoms with Gasteiger partial charge in [0.15, 0.2) is 5.96 Å². The summed E-state index contributed by atoms with van der Waals surface area (Å²) in [6.07, 6.45) is 6.94. The van der Waals surface area contributed by atoms with E-state index in [1.54, 1.807) is 0 Å². The van der Waals surface area contributed by atoms with E-state index >= 15 is 0 Å². The van der Waals surface area contributed by atoms with E-state index in [1.165, 1.54) is 12.7 Å². The minimum atomic E-state index is -2.89. The minimum absolute atomic E-state index is 0. The largest absolute Gasteiger partial charge is 0.378 e. The SMILES string of the molecule is CCCCOC1CC(NC(=NCC)NC2CCN(CCS(C)(=O)=O)CC2)C1(C)C.I. The van der Waals surface area contributed by atoms with Crippen LogP contribution in [0.15, 0.2) is 4.99 Å². The maximum absolute atomic E-state index is 11.4. The van der Waals surface area contributed by atoms with Crippen molar-refractivity contribution in [1.29, 1.82) is 0 Å². The summed E-state index contributed by atoms with van der Waals surface area (Å²) in [5.74, 6) is 1.14. The molecule has 1 aliphatic carbocycles. The van der Waals surface area contributed by atoms with Crippen molar-refractivity contribution in [1.82, 2.24) is 15.5 Å². The smallest absolute Gasteiger partial charge is 0.191 e. The van der Waals surface area contributed by atoms with Crippen molar-refractivity contribution in [2.24, 2.45) is 10.4 Å². The number of nitrogens with one attached hydrogen (secondary N) is 2. The molecule has 2 aliphatic rings. The van der Waals surface area contributed by atoms with Gasteiger partial charge in [-0.25, -0.2) is 8.42 Å². The van der Waals surface area contributed by atoms with Crippen LogP contribution in [0, 0.1) is 5.41 Å². The Hall–Kier alpha value is -0.130. The summed E-state index contributed by atoms with van der Waals surface area (Å²) < 4.78 is 28.8. The van der Waals surface area contributed by atoms with Crippen molar-refractivity contribution >= 4 is 39.8 Å². The third-order valence-electron chi connectivity index (χ3n) is 6.33. The summed E-state index contributed by atoms with van der Waals surface area (Å²) in [5, 5.41) is 7.24. The fourth-order valence-corrected chi connectivity index (χ4v) is 4.62. The normalized spacial score (nSPS) is 25.3. The van der Waals surface area contributed by atoms with Crippen LogP contribution in [-0.2, 0) is 14.6 Å². The first-order valence-corrected chi connectivity index (χ1v) is 13.3. The standard InChI is InChI=1S/C21H42N4O3S.HI/c1-6-8-14-28-19-16-18(21(19,3)4)24-20(22-7-2)23-17-9-11-25(12-10-17)13-15-29(5,26)27;/h17-19H,6-16H2,1-5H3,(H2,22,23,24);1H. The lowest BCUT2D eigenvalue weighted by atomic mass is 9.64. The summed E-state index contributed by atoms with van der Waals surface area (Å²) >= 11 is 0. The van der Waals surface area contributed by atoms with Crippen LogP contribution in [0.2, 0.25) is 0 Å². The van der Waals surface area contributed by atoms with E-state index in [2.05, 4.69) is 48.2 Å². The van der Waals surface area contributed by atoms with Crippen molar-refractivity contribution < 1.29 is 13.2 Å². The molecule has 178 valence electrons. The number of hydrogen-bond donors (Lipinski definition) is 2. The van der Waals surface area contributed by atoms with Gasteiger partial charge >= 0.3 is 0 Å². The number of aliphatic imine (C=N–C) groups is 1. The van der Waals surface area contributed by atoms with Crippen molar-refractivity contribution in [3.05, 3.63) is 0 Å². The molecule has 2 atom stereocenters. The van der Waals surface area contributed by atoms with Gasteiger partial charge in [0.1, 0.15) is 9.84 Å². The topological polar surface area (TPSA) is 83.0 Å². The number of rotatable bonds is 10. The summed E-state index contributed by atoms with van der Waals surface area (Å²) in [4.78, 5) is 6.90. The summed E-state index contributed by atoms with van der Waals surface area (Å²) in [6, 6.07) is 0.740. The van der Waals surface area contributed by atoms with Crippen LogP contribution < -0.4 is 10.6 Å². The summed E-state index contributed by atoms with van der Waals surface area (Å²) in [5.41, 5.74) is 0.0962. The quantitative estimate of drug-likeness (QED) is 0.186. The Balaban J connectivity index is 0.00000450. The van der Waals surface area contributed by atoms with E-state index in [1.807, 2.05) is 0 Å². The molecule has 7 nitrogen and oxygen atoms in total. The van der Waals surface area contributed by atoms with E-state index in [-0.39, 0.29) is 35.1 Å². The first-order valence-electron chi connectivity index (χ1n) is 11.2. The first kappa shape index (κ1) is 27.9. The molecule has 0 aromatic heterocycles. The van der Waals surface area contributed by atoms with E-state index in [0.717, 1.165) is 57.9 Å². The Morgan fingerprint density at radius 3 is 2.40 bits per heavy atom. The molecule has 2 rings (SSSR count). The fraction of sp³-hybridized carbons (Fsp3) is 0.952. The number of piperidine rings is 1. The molecule has 1 heterocycles. The van der Waals surface area contributed by atoms with Gasteiger partial charge < -0.3 is 20.3 Å². The highest BCUT2D eigenvalue weighted by Crippen LogP contribution is 2.42. The average Bonchev–Trinajstić information content (AvgIpc) is 2.65. The highest BCUT2D eigenvalue weighted by molar-refractivity contribution is 14.0. The Kier molecular flexibility index (Phi) is 11.9. The Labute approximate surface area is 201 Å². The molecular formula is C21H43IN4O3S. The van der Waals surface area contributed by atoms with E-state index < -0.39 is 9.84 Å². The van der Waals surface area contributed by atoms with Crippen molar-refractivity contribution in [3.8, 4) is 0 Å². The van der Waals surface area contributed by atoms with Crippen LogP contribution in [0.25, 0.3) is 0 Å². The molecule has 1 aliphatic heterocycles. The van der Waals surface area contributed by atoms with Gasteiger partial charge in [-0.15, -0.1) is 24.0 Å². The van der Waals surface area contributed by atoms with Gasteiger partial charge in [-0.1, -0.05) is 27.2 Å². The second-order valence-electron chi connectivity index (χ2n) is 9.18. The van der Waals surface area contributed by atoms with Crippen LogP contribution >= 0.6 is 24.0 Å². The number of unbranched alkanes of at least 4 members (excludes halogenated alkanes) is 1. The maximum Gasteiger partial charge on any atom is 0.191 e. The highest BCUT2D eigenvalue weighted by Gasteiger charge is 2.49. The first-order chi connectivity index (χ1) is 13.7. The summed E-state index contributed by atoms with van der Waals surface area (Å²) in [6.45, 7) is 12.9. The molecule has 0 aromatic rings. The Morgan fingerprint density at radius 1 is 1.20 bits per heavy atom. The predicted octanol–water partition coefficient (Wildman–Crippen LogP) is 2.65. The highest BCUT2D eigenvalue weighted by atomic mass is 127. The van der Waals surface area contributed by atoms with Gasteiger partial charge in [0.05, 0.1) is 11.9 Å². The summed E-state index contributed by atoms with van der Waals surface area (Å²) in [7, 11) is -2.89. The number of hydrogen-bond acceptors (Lipinski definition) is 5. The molecule has 0 radical (unpaired) electrons. The molecule has 0 bridgehead atoms. The molecule has 2 N–H and O–H groups in total. The second kappa shape index (κ2) is 12.8. The molecule has 2 unspecified atom stereocenters. The van der Waals surface area contributed by atoms with Gasteiger partial charge in [-0.2, -0.15) is 0 Å². The molecule has 2 fully saturated rings. The monoisotopic (exact) mass is 558 g/mol. The van der Waals surface area contributed by atoms with Crippen molar-refractivity contribution in [2.75, 3.05) is 44.8 Å². The molecule has 30 heavy (non-hydrogen) atoms. The zero-order valence-electron chi connectivity index (χ0n) is 19.4. The number of nitrogens with zero attached hydrogens (tertiary/aromatic N) is 2. The van der Waals surface area contributed by atoms with Gasteiger partial charge in [0.2, 0.25) is 0 Å². The van der Waals surface area contributed by atoms with Crippen LogP contribution in [-0.4, -0.2) is 82.3 Å². The maximum atomic E-state index is 11.4. The van der Waals surface area contributed by atoms with Gasteiger partial charge in [0.25, 0.3) is 0 Å². The molecule has 9 heteroatoms. The van der Waals surface area contributed by atoms with Gasteiger partial charge in [-0.3, -0.25) is 4.99 Å².